The summed E-state index contributed by atoms with van der Waals surface area (Å²) in [5.41, 5.74) is -1.81. The first kappa shape index (κ1) is 32.0. The molecule has 3 aromatic rings. The normalized spacial score (nSPS) is 12.3. The Labute approximate surface area is 252 Å². The van der Waals surface area contributed by atoms with Gasteiger partial charge in [-0.15, -0.1) is 0 Å². The van der Waals surface area contributed by atoms with Gasteiger partial charge in [0.2, 0.25) is 0 Å². The topological polar surface area (TPSA) is 135 Å². The van der Waals surface area contributed by atoms with E-state index in [0.717, 1.165) is 9.58 Å². The molecule has 0 aromatic carbocycles. The molecule has 0 saturated heterocycles. The average Bonchev–Trinajstić information content (AvgIpc) is 3.24. The van der Waals surface area contributed by atoms with Gasteiger partial charge >= 0.3 is 18.3 Å². The van der Waals surface area contributed by atoms with E-state index in [1.54, 1.807) is 88.3 Å². The minimum atomic E-state index is -1.00. The highest BCUT2D eigenvalue weighted by molar-refractivity contribution is 14.1. The van der Waals surface area contributed by atoms with Gasteiger partial charge in [0.05, 0.1) is 11.4 Å². The van der Waals surface area contributed by atoms with Crippen LogP contribution in [0.1, 0.15) is 84.1 Å². The van der Waals surface area contributed by atoms with Gasteiger partial charge in [0.1, 0.15) is 20.5 Å². The Kier molecular flexibility index (Phi) is 8.64. The summed E-state index contributed by atoms with van der Waals surface area (Å²) in [5, 5.41) is 4.57. The van der Waals surface area contributed by atoms with E-state index >= 15 is 0 Å². The van der Waals surface area contributed by atoms with Crippen molar-refractivity contribution in [2.24, 2.45) is 0 Å². The van der Waals surface area contributed by atoms with Crippen molar-refractivity contribution >= 4 is 63.5 Å². The Morgan fingerprint density at radius 3 is 1.93 bits per heavy atom. The summed E-state index contributed by atoms with van der Waals surface area (Å²) < 4.78 is 19.0. The molecule has 0 saturated carbocycles. The smallest absolute Gasteiger partial charge is 0.435 e. The average molecular weight is 682 g/mol. The van der Waals surface area contributed by atoms with Crippen molar-refractivity contribution in [2.45, 2.75) is 93.0 Å². The number of carbonyl (C=O) groups excluding carboxylic acids is 4. The molecule has 3 rings (SSSR count). The Balaban J connectivity index is 2.28. The van der Waals surface area contributed by atoms with Crippen LogP contribution < -0.4 is 4.90 Å². The number of hydrogen-bond donors (Lipinski definition) is 0. The first-order chi connectivity index (χ1) is 18.6. The molecule has 0 aliphatic rings. The minimum Gasteiger partial charge on any atom is -0.443 e. The predicted octanol–water partition coefficient (Wildman–Crippen LogP) is 6.60. The summed E-state index contributed by atoms with van der Waals surface area (Å²) >= 11 is 1.87. The van der Waals surface area contributed by atoms with Crippen LogP contribution in [0.4, 0.5) is 20.1 Å². The third-order valence-corrected chi connectivity index (χ3v) is 6.40. The number of halogens is 1. The van der Waals surface area contributed by atoms with Crippen molar-refractivity contribution in [1.29, 1.82) is 0 Å². The zero-order chi connectivity index (χ0) is 31.2. The van der Waals surface area contributed by atoms with Crippen molar-refractivity contribution in [1.82, 2.24) is 19.3 Å². The summed E-state index contributed by atoms with van der Waals surface area (Å²) in [6, 6.07) is 3.24. The lowest BCUT2D eigenvalue weighted by Crippen LogP contribution is -2.42. The largest absolute Gasteiger partial charge is 0.443 e. The lowest BCUT2D eigenvalue weighted by atomic mass is 10.2. The number of pyridine rings is 1. The molecule has 0 spiro atoms. The molecule has 0 bridgehead atoms. The lowest BCUT2D eigenvalue weighted by molar-refractivity contribution is 0.0506. The zero-order valence-electron chi connectivity index (χ0n) is 25.2. The molecule has 3 heterocycles. The summed E-state index contributed by atoms with van der Waals surface area (Å²) in [6.07, 6.45) is -1.04. The van der Waals surface area contributed by atoms with Gasteiger partial charge in [0.15, 0.2) is 11.3 Å². The van der Waals surface area contributed by atoms with Crippen LogP contribution in [0.2, 0.25) is 0 Å². The van der Waals surface area contributed by atoms with Crippen LogP contribution in [-0.4, -0.2) is 60.3 Å². The van der Waals surface area contributed by atoms with Gasteiger partial charge in [0, 0.05) is 17.1 Å². The molecule has 0 radical (unpaired) electrons. The molecule has 13 heteroatoms. The third-order valence-electron chi connectivity index (χ3n) is 5.41. The van der Waals surface area contributed by atoms with Gasteiger partial charge in [-0.3, -0.25) is 4.79 Å². The molecule has 41 heavy (non-hydrogen) atoms. The highest BCUT2D eigenvalue weighted by atomic mass is 127. The van der Waals surface area contributed by atoms with Crippen molar-refractivity contribution < 1.29 is 33.4 Å². The molecule has 0 N–H and O–H groups in total. The number of ether oxygens (including phenoxy) is 3. The maximum absolute atomic E-state index is 14.2. The maximum Gasteiger partial charge on any atom is 0.435 e. The Bertz CT molecular complexity index is 1530. The van der Waals surface area contributed by atoms with Crippen LogP contribution in [0.15, 0.2) is 18.3 Å². The SMILES string of the molecule is Cc1c(C(=O)N(C(=O)OC(C)(C)C)c2c(I)n(C(=O)OC(C)(C)C)c3ncccc23)nn(C(=O)OC(C)(C)C)c1C. The fraction of sp³-hybridized carbons (Fsp3) is 0.500. The van der Waals surface area contributed by atoms with Crippen molar-refractivity contribution in [3.05, 3.63) is 39.0 Å². The number of nitrogens with zero attached hydrogens (tertiary/aromatic N) is 5. The van der Waals surface area contributed by atoms with Crippen molar-refractivity contribution in [3.63, 3.8) is 0 Å². The number of fused-ring (bicyclic) bond motifs is 1. The highest BCUT2D eigenvalue weighted by Gasteiger charge is 2.38. The zero-order valence-corrected chi connectivity index (χ0v) is 27.4. The fourth-order valence-corrected chi connectivity index (χ4v) is 4.67. The third kappa shape index (κ3) is 7.05. The Morgan fingerprint density at radius 1 is 0.854 bits per heavy atom. The molecule has 2 amide bonds. The van der Waals surface area contributed by atoms with E-state index < -0.39 is 41.0 Å². The number of amides is 2. The summed E-state index contributed by atoms with van der Waals surface area (Å²) in [6.45, 7) is 18.5. The maximum atomic E-state index is 14.2. The number of carbonyl (C=O) groups is 4. The molecule has 0 aliphatic carbocycles. The van der Waals surface area contributed by atoms with E-state index in [9.17, 15) is 19.2 Å². The van der Waals surface area contributed by atoms with Crippen LogP contribution >= 0.6 is 22.6 Å². The molecule has 222 valence electrons. The second-order valence-corrected chi connectivity index (χ2v) is 13.4. The van der Waals surface area contributed by atoms with Crippen molar-refractivity contribution in [2.75, 3.05) is 4.90 Å². The van der Waals surface area contributed by atoms with Crippen LogP contribution in [0, 0.1) is 17.5 Å². The van der Waals surface area contributed by atoms with Crippen LogP contribution in [-0.2, 0) is 14.2 Å². The minimum absolute atomic E-state index is 0.0580. The lowest BCUT2D eigenvalue weighted by Gasteiger charge is -2.26. The first-order valence-electron chi connectivity index (χ1n) is 12.9. The number of imide groups is 1. The summed E-state index contributed by atoms with van der Waals surface area (Å²) in [4.78, 5) is 59.2. The highest BCUT2D eigenvalue weighted by Crippen LogP contribution is 2.37. The first-order valence-corrected chi connectivity index (χ1v) is 14.0. The molecular weight excluding hydrogens is 645 g/mol. The van der Waals surface area contributed by atoms with Crippen molar-refractivity contribution in [3.8, 4) is 0 Å². The molecule has 3 aromatic heterocycles. The van der Waals surface area contributed by atoms with Gasteiger partial charge in [-0.25, -0.2) is 28.8 Å². The van der Waals surface area contributed by atoms with Gasteiger partial charge in [-0.1, -0.05) is 0 Å². The number of aromatic nitrogens is 4. The predicted molar refractivity (Wildman–Crippen MR) is 160 cm³/mol. The Hall–Kier alpha value is -3.49. The molecule has 0 fully saturated rings. The van der Waals surface area contributed by atoms with E-state index in [1.807, 2.05) is 22.6 Å². The molecular formula is C28H36IN5O7. The second kappa shape index (κ2) is 11.1. The van der Waals surface area contributed by atoms with E-state index in [1.165, 1.54) is 10.8 Å². The van der Waals surface area contributed by atoms with Crippen LogP contribution in [0.3, 0.4) is 0 Å². The monoisotopic (exact) mass is 681 g/mol. The molecule has 0 atom stereocenters. The summed E-state index contributed by atoms with van der Waals surface area (Å²) in [5.74, 6) is -0.868. The van der Waals surface area contributed by atoms with Gasteiger partial charge in [0.25, 0.3) is 5.91 Å². The fourth-order valence-electron chi connectivity index (χ4n) is 3.71. The van der Waals surface area contributed by atoms with Crippen LogP contribution in [0.5, 0.6) is 0 Å². The molecule has 0 aliphatic heterocycles. The molecule has 0 unspecified atom stereocenters. The van der Waals surface area contributed by atoms with E-state index in [4.69, 9.17) is 14.2 Å². The standard InChI is InChI=1S/C28H36IN5O7/c1-15-16(2)34(25(38)41-28(9,10)11)31-18(15)22(35)32(23(36)39-26(3,4)5)19-17-13-12-14-30-21(17)33(20(19)29)24(37)40-27(6,7)8/h12-14H,1-11H3. The van der Waals surface area contributed by atoms with Crippen LogP contribution in [0.25, 0.3) is 11.0 Å². The quantitative estimate of drug-likeness (QED) is 0.217. The van der Waals surface area contributed by atoms with Gasteiger partial charge < -0.3 is 14.2 Å². The van der Waals surface area contributed by atoms with Gasteiger partial charge in [-0.05, 0) is 111 Å². The Morgan fingerprint density at radius 2 is 1.39 bits per heavy atom. The van der Waals surface area contributed by atoms with E-state index in [2.05, 4.69) is 10.1 Å². The number of rotatable bonds is 2. The second-order valence-electron chi connectivity index (χ2n) is 12.4. The number of hydrogen-bond acceptors (Lipinski definition) is 9. The van der Waals surface area contributed by atoms with E-state index in [0.29, 0.717) is 16.6 Å². The van der Waals surface area contributed by atoms with E-state index in [-0.39, 0.29) is 20.7 Å². The number of anilines is 1. The summed E-state index contributed by atoms with van der Waals surface area (Å²) in [7, 11) is 0. The van der Waals surface area contributed by atoms with Gasteiger partial charge in [-0.2, -0.15) is 9.78 Å². The molecule has 12 nitrogen and oxygen atoms in total.